The highest BCUT2D eigenvalue weighted by Crippen LogP contribution is 2.36. The van der Waals surface area contributed by atoms with E-state index in [2.05, 4.69) is 25.7 Å². The van der Waals surface area contributed by atoms with E-state index in [4.69, 9.17) is 18.0 Å². The normalized spacial score (nSPS) is 27.7. The van der Waals surface area contributed by atoms with Crippen molar-refractivity contribution < 1.29 is 0 Å². The monoisotopic (exact) mass is 204 g/mol. The Bertz CT molecular complexity index is 191. The predicted octanol–water partition coefficient (Wildman–Crippen LogP) is 1.45. The van der Waals surface area contributed by atoms with Gasteiger partial charge in [0.15, 0.2) is 0 Å². The molecule has 0 aromatic heterocycles. The van der Waals surface area contributed by atoms with Crippen LogP contribution in [0.3, 0.4) is 0 Å². The van der Waals surface area contributed by atoms with E-state index in [1.165, 1.54) is 0 Å². The fourth-order valence-corrected chi connectivity index (χ4v) is 3.42. The first-order valence-corrected chi connectivity index (χ1v) is 5.58. The maximum atomic E-state index is 5.54. The van der Waals surface area contributed by atoms with E-state index in [0.717, 1.165) is 10.7 Å². The summed E-state index contributed by atoms with van der Waals surface area (Å²) in [5.74, 6) is 1.13. The molecule has 0 aliphatic carbocycles. The number of nitrogens with zero attached hydrogens (tertiary/aromatic N) is 1. The maximum Gasteiger partial charge on any atom is 0.0931 e. The average molecular weight is 204 g/mol. The van der Waals surface area contributed by atoms with Gasteiger partial charge in [0.25, 0.3) is 0 Å². The topological polar surface area (TPSA) is 29.3 Å². The van der Waals surface area contributed by atoms with Gasteiger partial charge in [0, 0.05) is 17.8 Å². The van der Waals surface area contributed by atoms with Crippen LogP contribution in [0.25, 0.3) is 0 Å². The average Bonchev–Trinajstić information content (AvgIpc) is 2.25. The van der Waals surface area contributed by atoms with E-state index in [9.17, 15) is 0 Å². The zero-order valence-corrected chi connectivity index (χ0v) is 9.47. The molecule has 1 heterocycles. The molecule has 1 aliphatic rings. The van der Waals surface area contributed by atoms with E-state index in [1.54, 1.807) is 0 Å². The lowest BCUT2D eigenvalue weighted by molar-refractivity contribution is 0.259. The lowest BCUT2D eigenvalue weighted by Gasteiger charge is -2.35. The summed E-state index contributed by atoms with van der Waals surface area (Å²) in [6.45, 7) is 7.10. The first-order valence-electron chi connectivity index (χ1n) is 4.13. The van der Waals surface area contributed by atoms with Crippen molar-refractivity contribution in [1.29, 1.82) is 0 Å². The summed E-state index contributed by atoms with van der Waals surface area (Å²) in [5, 5.41) is 0.482. The number of hydrogen-bond acceptors (Lipinski definition) is 3. The number of hydrogen-bond donors (Lipinski definition) is 1. The second kappa shape index (κ2) is 3.52. The highest BCUT2D eigenvalue weighted by Gasteiger charge is 2.38. The van der Waals surface area contributed by atoms with Crippen molar-refractivity contribution in [3.8, 4) is 0 Å². The van der Waals surface area contributed by atoms with Gasteiger partial charge in [-0.05, 0) is 20.8 Å². The largest absolute Gasteiger partial charge is 0.347 e. The third-order valence-corrected chi connectivity index (χ3v) is 4.07. The van der Waals surface area contributed by atoms with Crippen LogP contribution in [0, 0.1) is 0 Å². The standard InChI is InChI=1S/C8H16N2S2/c1-6-10(7(11)4-9)8(2,3)5-12-6/h6H,4-5,9H2,1-3H3/t6-/m0/s1. The molecule has 1 rings (SSSR count). The molecule has 12 heavy (non-hydrogen) atoms. The van der Waals surface area contributed by atoms with Crippen molar-refractivity contribution >= 4 is 29.0 Å². The molecule has 0 aromatic carbocycles. The molecule has 0 aromatic rings. The minimum atomic E-state index is 0.181. The number of thioether (sulfide) groups is 1. The first-order chi connectivity index (χ1) is 5.49. The van der Waals surface area contributed by atoms with Gasteiger partial charge in [-0.25, -0.2) is 0 Å². The van der Waals surface area contributed by atoms with E-state index in [0.29, 0.717) is 11.9 Å². The zero-order chi connectivity index (χ0) is 9.35. The van der Waals surface area contributed by atoms with Gasteiger partial charge >= 0.3 is 0 Å². The van der Waals surface area contributed by atoms with Gasteiger partial charge < -0.3 is 10.6 Å². The summed E-state index contributed by atoms with van der Waals surface area (Å²) < 4.78 is 0. The van der Waals surface area contributed by atoms with Crippen LogP contribution in [0.4, 0.5) is 0 Å². The molecular formula is C8H16N2S2. The van der Waals surface area contributed by atoms with Gasteiger partial charge in [-0.3, -0.25) is 0 Å². The minimum absolute atomic E-state index is 0.181. The smallest absolute Gasteiger partial charge is 0.0931 e. The van der Waals surface area contributed by atoms with Crippen molar-refractivity contribution in [3.05, 3.63) is 0 Å². The highest BCUT2D eigenvalue weighted by molar-refractivity contribution is 8.00. The van der Waals surface area contributed by atoms with Crippen molar-refractivity contribution in [2.24, 2.45) is 5.73 Å². The lowest BCUT2D eigenvalue weighted by Crippen LogP contribution is -2.48. The summed E-state index contributed by atoms with van der Waals surface area (Å²) in [5.41, 5.74) is 5.72. The van der Waals surface area contributed by atoms with Crippen LogP contribution in [0.15, 0.2) is 0 Å². The summed E-state index contributed by atoms with van der Waals surface area (Å²) in [6, 6.07) is 0. The van der Waals surface area contributed by atoms with Crippen LogP contribution in [0.1, 0.15) is 20.8 Å². The van der Waals surface area contributed by atoms with Crippen molar-refractivity contribution in [3.63, 3.8) is 0 Å². The Hall–Kier alpha value is 0.200. The van der Waals surface area contributed by atoms with Crippen molar-refractivity contribution in [2.45, 2.75) is 31.7 Å². The molecule has 1 aliphatic heterocycles. The Balaban J connectivity index is 2.78. The van der Waals surface area contributed by atoms with Crippen LogP contribution in [0.5, 0.6) is 0 Å². The fraction of sp³-hybridized carbons (Fsp3) is 0.875. The van der Waals surface area contributed by atoms with E-state index in [1.807, 2.05) is 11.8 Å². The van der Waals surface area contributed by atoms with E-state index in [-0.39, 0.29) is 5.54 Å². The third kappa shape index (κ3) is 1.75. The van der Waals surface area contributed by atoms with E-state index >= 15 is 0 Å². The SMILES string of the molecule is C[C@@H]1SCC(C)(C)N1C(=S)CN. The first kappa shape index (κ1) is 10.3. The van der Waals surface area contributed by atoms with E-state index < -0.39 is 0 Å². The summed E-state index contributed by atoms with van der Waals surface area (Å²) in [4.78, 5) is 3.14. The summed E-state index contributed by atoms with van der Waals surface area (Å²) in [6.07, 6.45) is 0. The molecule has 0 bridgehead atoms. The Labute approximate surface area is 83.9 Å². The van der Waals surface area contributed by atoms with Gasteiger partial charge in [0.2, 0.25) is 0 Å². The fourth-order valence-electron chi connectivity index (χ4n) is 1.60. The zero-order valence-electron chi connectivity index (χ0n) is 7.83. The molecule has 4 heteroatoms. The van der Waals surface area contributed by atoms with Crippen LogP contribution < -0.4 is 5.73 Å². The van der Waals surface area contributed by atoms with Gasteiger partial charge in [0.05, 0.1) is 10.4 Å². The molecular weight excluding hydrogens is 188 g/mol. The van der Waals surface area contributed by atoms with Gasteiger partial charge in [-0.1, -0.05) is 12.2 Å². The van der Waals surface area contributed by atoms with Gasteiger partial charge in [-0.15, -0.1) is 11.8 Å². The summed E-state index contributed by atoms with van der Waals surface area (Å²) in [7, 11) is 0. The molecule has 2 nitrogen and oxygen atoms in total. The van der Waals surface area contributed by atoms with Crippen LogP contribution >= 0.6 is 24.0 Å². The van der Waals surface area contributed by atoms with Crippen molar-refractivity contribution in [2.75, 3.05) is 12.3 Å². The Morgan fingerprint density at radius 3 is 2.67 bits per heavy atom. The molecule has 0 radical (unpaired) electrons. The van der Waals surface area contributed by atoms with Gasteiger partial charge in [0.1, 0.15) is 0 Å². The predicted molar refractivity (Wildman–Crippen MR) is 59.5 cm³/mol. The molecule has 1 atom stereocenters. The maximum absolute atomic E-state index is 5.54. The van der Waals surface area contributed by atoms with Crippen LogP contribution in [-0.4, -0.2) is 33.1 Å². The molecule has 2 N–H and O–H groups in total. The Kier molecular flexibility index (Phi) is 3.01. The third-order valence-electron chi connectivity index (χ3n) is 2.14. The minimum Gasteiger partial charge on any atom is -0.347 e. The highest BCUT2D eigenvalue weighted by atomic mass is 32.2. The van der Waals surface area contributed by atoms with Crippen LogP contribution in [-0.2, 0) is 0 Å². The van der Waals surface area contributed by atoms with Crippen LogP contribution in [0.2, 0.25) is 0 Å². The molecule has 70 valence electrons. The second-order valence-electron chi connectivity index (χ2n) is 3.69. The molecule has 1 fully saturated rings. The molecule has 1 saturated heterocycles. The Morgan fingerprint density at radius 1 is 1.75 bits per heavy atom. The summed E-state index contributed by atoms with van der Waals surface area (Å²) >= 11 is 7.17. The number of rotatable bonds is 1. The lowest BCUT2D eigenvalue weighted by atomic mass is 10.1. The number of thiocarbonyl (C=S) groups is 1. The van der Waals surface area contributed by atoms with Crippen molar-refractivity contribution in [1.82, 2.24) is 4.90 Å². The molecule has 0 unspecified atom stereocenters. The quantitative estimate of drug-likeness (QED) is 0.655. The molecule has 0 saturated carbocycles. The Morgan fingerprint density at radius 2 is 2.33 bits per heavy atom. The van der Waals surface area contributed by atoms with Gasteiger partial charge in [-0.2, -0.15) is 0 Å². The second-order valence-corrected chi connectivity index (χ2v) is 5.47. The number of nitrogens with two attached hydrogens (primary N) is 1. The molecule has 0 amide bonds. The molecule has 0 spiro atoms.